The summed E-state index contributed by atoms with van der Waals surface area (Å²) in [4.78, 5) is 0. The largest absolute Gasteiger partial charge is 0.491 e. The number of methoxy groups -OCH3 is 1. The molecule has 2 rings (SSSR count). The summed E-state index contributed by atoms with van der Waals surface area (Å²) in [5, 5.41) is 3.53. The number of rotatable bonds is 8. The molecule has 3 nitrogen and oxygen atoms in total. The lowest BCUT2D eigenvalue weighted by molar-refractivity contribution is 0.145. The summed E-state index contributed by atoms with van der Waals surface area (Å²) in [5.41, 5.74) is 2.45. The van der Waals surface area contributed by atoms with Gasteiger partial charge in [0.1, 0.15) is 12.4 Å². The second-order valence-corrected chi connectivity index (χ2v) is 4.96. The molecule has 0 bridgehead atoms. The molecule has 0 aliphatic carbocycles. The molecule has 0 aliphatic rings. The lowest BCUT2D eigenvalue weighted by Crippen LogP contribution is -2.18. The van der Waals surface area contributed by atoms with Crippen LogP contribution >= 0.6 is 0 Å². The highest BCUT2D eigenvalue weighted by molar-refractivity contribution is 5.33. The van der Waals surface area contributed by atoms with Crippen molar-refractivity contribution >= 4 is 0 Å². The molecule has 3 heteroatoms. The van der Waals surface area contributed by atoms with Crippen LogP contribution in [0.2, 0.25) is 0 Å². The molecule has 21 heavy (non-hydrogen) atoms. The van der Waals surface area contributed by atoms with Crippen LogP contribution in [-0.2, 0) is 11.3 Å². The second-order valence-electron chi connectivity index (χ2n) is 4.96. The third-order valence-electron chi connectivity index (χ3n) is 3.42. The molecule has 1 unspecified atom stereocenters. The van der Waals surface area contributed by atoms with Crippen LogP contribution in [0, 0.1) is 0 Å². The number of nitrogens with one attached hydrogen (secondary N) is 1. The number of benzene rings is 2. The van der Waals surface area contributed by atoms with Gasteiger partial charge in [-0.3, -0.25) is 0 Å². The number of hydrogen-bond donors (Lipinski definition) is 1. The van der Waals surface area contributed by atoms with Gasteiger partial charge in [-0.2, -0.15) is 0 Å². The molecule has 1 atom stereocenters. The highest BCUT2D eigenvalue weighted by Crippen LogP contribution is 2.19. The van der Waals surface area contributed by atoms with Crippen LogP contribution in [0.15, 0.2) is 54.6 Å². The highest BCUT2D eigenvalue weighted by atomic mass is 16.5. The number of para-hydroxylation sites is 1. The zero-order chi connectivity index (χ0) is 14.9. The van der Waals surface area contributed by atoms with Crippen molar-refractivity contribution in [3.05, 3.63) is 65.7 Å². The molecule has 112 valence electrons. The Bertz CT molecular complexity index is 528. The topological polar surface area (TPSA) is 30.5 Å². The van der Waals surface area contributed by atoms with Crippen LogP contribution in [0.4, 0.5) is 0 Å². The summed E-state index contributed by atoms with van der Waals surface area (Å²) >= 11 is 0. The molecule has 0 radical (unpaired) electrons. The Morgan fingerprint density at radius 3 is 2.43 bits per heavy atom. The number of ether oxygens (including phenoxy) is 2. The van der Waals surface area contributed by atoms with E-state index < -0.39 is 0 Å². The zero-order valence-electron chi connectivity index (χ0n) is 12.7. The lowest BCUT2D eigenvalue weighted by atomic mass is 10.1. The van der Waals surface area contributed by atoms with Crippen molar-refractivity contribution in [2.24, 2.45) is 0 Å². The van der Waals surface area contributed by atoms with Crippen LogP contribution in [0.5, 0.6) is 5.75 Å². The first-order chi connectivity index (χ1) is 10.3. The average molecular weight is 285 g/mol. The van der Waals surface area contributed by atoms with Gasteiger partial charge in [-0.15, -0.1) is 0 Å². The van der Waals surface area contributed by atoms with Gasteiger partial charge in [0.05, 0.1) is 6.61 Å². The standard InChI is InChI=1S/C18H23NO2/c1-15(16-8-4-3-5-9-16)19-14-17-10-6-7-11-18(17)21-13-12-20-2/h3-11,15,19H,12-14H2,1-2H3. The normalized spacial score (nSPS) is 12.1. The molecular formula is C18H23NO2. The van der Waals surface area contributed by atoms with Gasteiger partial charge in [-0.25, -0.2) is 0 Å². The smallest absolute Gasteiger partial charge is 0.123 e. The van der Waals surface area contributed by atoms with Crippen molar-refractivity contribution in [3.63, 3.8) is 0 Å². The number of hydrogen-bond acceptors (Lipinski definition) is 3. The summed E-state index contributed by atoms with van der Waals surface area (Å²) < 4.78 is 10.8. The molecule has 0 aromatic heterocycles. The molecule has 0 heterocycles. The first kappa shape index (κ1) is 15.5. The molecule has 0 saturated heterocycles. The van der Waals surface area contributed by atoms with E-state index in [1.54, 1.807) is 7.11 Å². The van der Waals surface area contributed by atoms with Crippen LogP contribution in [0.3, 0.4) is 0 Å². The first-order valence-corrected chi connectivity index (χ1v) is 7.29. The maximum absolute atomic E-state index is 5.75. The summed E-state index contributed by atoms with van der Waals surface area (Å²) in [6.07, 6.45) is 0. The minimum atomic E-state index is 0.304. The molecule has 0 amide bonds. The Kier molecular flexibility index (Phi) is 6.25. The fourth-order valence-corrected chi connectivity index (χ4v) is 2.15. The zero-order valence-corrected chi connectivity index (χ0v) is 12.7. The Morgan fingerprint density at radius 1 is 0.952 bits per heavy atom. The lowest BCUT2D eigenvalue weighted by Gasteiger charge is -2.16. The van der Waals surface area contributed by atoms with Crippen molar-refractivity contribution in [1.82, 2.24) is 5.32 Å². The molecule has 1 N–H and O–H groups in total. The predicted molar refractivity (Wildman–Crippen MR) is 85.5 cm³/mol. The van der Waals surface area contributed by atoms with E-state index in [1.807, 2.05) is 24.3 Å². The van der Waals surface area contributed by atoms with E-state index >= 15 is 0 Å². The van der Waals surface area contributed by atoms with Gasteiger partial charge in [-0.05, 0) is 18.6 Å². The fraction of sp³-hybridized carbons (Fsp3) is 0.333. The quantitative estimate of drug-likeness (QED) is 0.752. The van der Waals surface area contributed by atoms with Gasteiger partial charge in [0.25, 0.3) is 0 Å². The van der Waals surface area contributed by atoms with Crippen molar-refractivity contribution in [1.29, 1.82) is 0 Å². The van der Waals surface area contributed by atoms with E-state index in [-0.39, 0.29) is 0 Å². The van der Waals surface area contributed by atoms with E-state index in [4.69, 9.17) is 9.47 Å². The van der Waals surface area contributed by atoms with E-state index in [2.05, 4.69) is 42.6 Å². The minimum Gasteiger partial charge on any atom is -0.491 e. The second kappa shape index (κ2) is 8.45. The van der Waals surface area contributed by atoms with Crippen molar-refractivity contribution in [3.8, 4) is 5.75 Å². The fourth-order valence-electron chi connectivity index (χ4n) is 2.15. The van der Waals surface area contributed by atoms with Crippen LogP contribution < -0.4 is 10.1 Å². The molecular weight excluding hydrogens is 262 g/mol. The van der Waals surface area contributed by atoms with Crippen molar-refractivity contribution in [2.45, 2.75) is 19.5 Å². The molecule has 2 aromatic rings. The molecule has 0 fully saturated rings. The van der Waals surface area contributed by atoms with Gasteiger partial charge in [0.2, 0.25) is 0 Å². The van der Waals surface area contributed by atoms with Gasteiger partial charge >= 0.3 is 0 Å². The van der Waals surface area contributed by atoms with Gasteiger partial charge < -0.3 is 14.8 Å². The third kappa shape index (κ3) is 4.88. The van der Waals surface area contributed by atoms with E-state index in [9.17, 15) is 0 Å². The van der Waals surface area contributed by atoms with Crippen molar-refractivity contribution in [2.75, 3.05) is 20.3 Å². The van der Waals surface area contributed by atoms with E-state index in [0.29, 0.717) is 19.3 Å². The molecule has 2 aromatic carbocycles. The van der Waals surface area contributed by atoms with E-state index in [0.717, 1.165) is 17.9 Å². The Morgan fingerprint density at radius 2 is 1.67 bits per heavy atom. The molecule has 0 aliphatic heterocycles. The minimum absolute atomic E-state index is 0.304. The Balaban J connectivity index is 1.93. The van der Waals surface area contributed by atoms with Gasteiger partial charge in [0, 0.05) is 25.3 Å². The predicted octanol–water partition coefficient (Wildman–Crippen LogP) is 3.56. The van der Waals surface area contributed by atoms with Crippen LogP contribution in [0.1, 0.15) is 24.1 Å². The van der Waals surface area contributed by atoms with E-state index in [1.165, 1.54) is 5.56 Å². The third-order valence-corrected chi connectivity index (χ3v) is 3.42. The first-order valence-electron chi connectivity index (χ1n) is 7.29. The summed E-state index contributed by atoms with van der Waals surface area (Å²) in [7, 11) is 1.68. The SMILES string of the molecule is COCCOc1ccccc1CNC(C)c1ccccc1. The monoisotopic (exact) mass is 285 g/mol. The Hall–Kier alpha value is -1.84. The van der Waals surface area contributed by atoms with Crippen LogP contribution in [-0.4, -0.2) is 20.3 Å². The van der Waals surface area contributed by atoms with Gasteiger partial charge in [-0.1, -0.05) is 48.5 Å². The van der Waals surface area contributed by atoms with Crippen molar-refractivity contribution < 1.29 is 9.47 Å². The van der Waals surface area contributed by atoms with Gasteiger partial charge in [0.15, 0.2) is 0 Å². The Labute approximate surface area is 126 Å². The summed E-state index contributed by atoms with van der Waals surface area (Å²) in [5.74, 6) is 0.919. The summed E-state index contributed by atoms with van der Waals surface area (Å²) in [6.45, 7) is 4.12. The maximum Gasteiger partial charge on any atom is 0.123 e. The molecule has 0 saturated carbocycles. The molecule has 0 spiro atoms. The van der Waals surface area contributed by atoms with Crippen LogP contribution in [0.25, 0.3) is 0 Å². The maximum atomic E-state index is 5.75. The highest BCUT2D eigenvalue weighted by Gasteiger charge is 2.07. The summed E-state index contributed by atoms with van der Waals surface area (Å²) in [6, 6.07) is 18.9. The average Bonchev–Trinajstić information content (AvgIpc) is 2.54.